The number of amides is 1. The summed E-state index contributed by atoms with van der Waals surface area (Å²) in [4.78, 5) is 23.4. The Morgan fingerprint density at radius 1 is 1.56 bits per heavy atom. The van der Waals surface area contributed by atoms with E-state index in [4.69, 9.17) is 5.73 Å². The molecule has 6 heteroatoms. The lowest BCUT2D eigenvalue weighted by Crippen LogP contribution is -2.44. The van der Waals surface area contributed by atoms with E-state index < -0.39 is 0 Å². The van der Waals surface area contributed by atoms with Gasteiger partial charge in [-0.1, -0.05) is 0 Å². The molecule has 1 atom stereocenters. The monoisotopic (exact) mass is 313 g/mol. The summed E-state index contributed by atoms with van der Waals surface area (Å²) in [5.41, 5.74) is 5.43. The van der Waals surface area contributed by atoms with Gasteiger partial charge in [-0.3, -0.25) is 9.59 Å². The molecule has 18 heavy (non-hydrogen) atoms. The molecule has 1 amide bonds. The highest BCUT2D eigenvalue weighted by Gasteiger charge is 2.31. The van der Waals surface area contributed by atoms with Gasteiger partial charge in [0.1, 0.15) is 6.54 Å². The van der Waals surface area contributed by atoms with Crippen LogP contribution in [0.25, 0.3) is 0 Å². The molecule has 0 radical (unpaired) electrons. The van der Waals surface area contributed by atoms with Crippen LogP contribution in [-0.2, 0) is 11.3 Å². The highest BCUT2D eigenvalue weighted by Crippen LogP contribution is 2.32. The number of aromatic nitrogens is 1. The molecule has 1 heterocycles. The fraction of sp³-hybridized carbons (Fsp3) is 0.500. The molecule has 0 saturated heterocycles. The number of nitrogens with zero attached hydrogens (tertiary/aromatic N) is 1. The zero-order valence-corrected chi connectivity index (χ0v) is 11.5. The highest BCUT2D eigenvalue weighted by molar-refractivity contribution is 9.10. The van der Waals surface area contributed by atoms with Crippen molar-refractivity contribution in [3.8, 4) is 0 Å². The lowest BCUT2D eigenvalue weighted by atomic mass is 10.2. The Bertz CT molecular complexity index is 496. The zero-order chi connectivity index (χ0) is 13.1. The van der Waals surface area contributed by atoms with E-state index in [9.17, 15) is 9.59 Å². The van der Waals surface area contributed by atoms with E-state index in [1.807, 2.05) is 0 Å². The van der Waals surface area contributed by atoms with Gasteiger partial charge in [0.25, 0.3) is 5.56 Å². The third-order valence-electron chi connectivity index (χ3n) is 3.05. The summed E-state index contributed by atoms with van der Waals surface area (Å²) < 4.78 is 2.15. The molecule has 1 aromatic heterocycles. The molecule has 0 aliphatic heterocycles. The minimum Gasteiger partial charge on any atom is -0.350 e. The quantitative estimate of drug-likeness (QED) is 0.829. The Labute approximate surface area is 113 Å². The molecule has 1 fully saturated rings. The highest BCUT2D eigenvalue weighted by atomic mass is 79.9. The number of nitrogens with two attached hydrogens (primary N) is 1. The maximum absolute atomic E-state index is 11.8. The average Bonchev–Trinajstić information content (AvgIpc) is 3.15. The summed E-state index contributed by atoms with van der Waals surface area (Å²) in [7, 11) is 0. The van der Waals surface area contributed by atoms with Crippen LogP contribution in [0.3, 0.4) is 0 Å². The Balaban J connectivity index is 1.97. The number of halogens is 1. The first-order valence-electron chi connectivity index (χ1n) is 5.95. The molecular formula is C12H16BrN3O2. The van der Waals surface area contributed by atoms with Gasteiger partial charge in [0, 0.05) is 29.3 Å². The zero-order valence-electron chi connectivity index (χ0n) is 9.93. The van der Waals surface area contributed by atoms with Crippen molar-refractivity contribution >= 4 is 21.8 Å². The SMILES string of the molecule is NCC(NC(=O)Cn1cc(Br)ccc1=O)C1CC1. The van der Waals surface area contributed by atoms with Crippen molar-refractivity contribution in [1.82, 2.24) is 9.88 Å². The number of nitrogens with one attached hydrogen (secondary N) is 1. The van der Waals surface area contributed by atoms with Gasteiger partial charge >= 0.3 is 0 Å². The van der Waals surface area contributed by atoms with Crippen LogP contribution >= 0.6 is 15.9 Å². The van der Waals surface area contributed by atoms with Gasteiger partial charge in [-0.2, -0.15) is 0 Å². The van der Waals surface area contributed by atoms with Crippen LogP contribution in [0, 0.1) is 5.92 Å². The molecular weight excluding hydrogens is 298 g/mol. The normalized spacial score (nSPS) is 16.3. The van der Waals surface area contributed by atoms with Gasteiger partial charge in [-0.25, -0.2) is 0 Å². The van der Waals surface area contributed by atoms with Gasteiger partial charge in [0.05, 0.1) is 0 Å². The number of rotatable bonds is 5. The van der Waals surface area contributed by atoms with E-state index in [0.29, 0.717) is 12.5 Å². The predicted octanol–water partition coefficient (Wildman–Crippen LogP) is 0.464. The first kappa shape index (κ1) is 13.3. The molecule has 5 nitrogen and oxygen atoms in total. The molecule has 2 rings (SSSR count). The number of hydrogen-bond donors (Lipinski definition) is 2. The van der Waals surface area contributed by atoms with Crippen molar-refractivity contribution in [3.63, 3.8) is 0 Å². The van der Waals surface area contributed by atoms with Crippen molar-refractivity contribution in [2.45, 2.75) is 25.4 Å². The van der Waals surface area contributed by atoms with E-state index in [1.165, 1.54) is 10.6 Å². The topological polar surface area (TPSA) is 77.1 Å². The van der Waals surface area contributed by atoms with Crippen LogP contribution in [0.1, 0.15) is 12.8 Å². The molecule has 3 N–H and O–H groups in total. The number of carbonyl (C=O) groups excluding carboxylic acids is 1. The van der Waals surface area contributed by atoms with E-state index >= 15 is 0 Å². The first-order chi connectivity index (χ1) is 8.60. The lowest BCUT2D eigenvalue weighted by molar-refractivity contribution is -0.122. The Morgan fingerprint density at radius 2 is 2.28 bits per heavy atom. The number of pyridine rings is 1. The van der Waals surface area contributed by atoms with E-state index in [0.717, 1.165) is 17.3 Å². The molecule has 1 aromatic rings. The second-order valence-corrected chi connectivity index (χ2v) is 5.48. The van der Waals surface area contributed by atoms with E-state index in [1.54, 1.807) is 12.3 Å². The van der Waals surface area contributed by atoms with Crippen LogP contribution in [0.4, 0.5) is 0 Å². The third kappa shape index (κ3) is 3.43. The average molecular weight is 314 g/mol. The minimum atomic E-state index is -0.191. The molecule has 0 spiro atoms. The van der Waals surface area contributed by atoms with Crippen LogP contribution in [0.2, 0.25) is 0 Å². The molecule has 0 aromatic carbocycles. The molecule has 1 unspecified atom stereocenters. The van der Waals surface area contributed by atoms with Gasteiger partial charge in [-0.15, -0.1) is 0 Å². The molecule has 98 valence electrons. The largest absolute Gasteiger partial charge is 0.350 e. The van der Waals surface area contributed by atoms with Crippen LogP contribution in [0.15, 0.2) is 27.6 Å². The standard InChI is InChI=1S/C12H16BrN3O2/c13-9-3-4-12(18)16(6-9)7-11(17)15-10(5-14)8-1-2-8/h3-4,6,8,10H,1-2,5,7,14H2,(H,15,17). The minimum absolute atomic E-state index is 0.0293. The number of carbonyl (C=O) groups is 1. The summed E-state index contributed by atoms with van der Waals surface area (Å²) in [5, 5.41) is 2.88. The van der Waals surface area contributed by atoms with Crippen LogP contribution in [-0.4, -0.2) is 23.1 Å². The van der Waals surface area contributed by atoms with Gasteiger partial charge in [0.2, 0.25) is 5.91 Å². The summed E-state index contributed by atoms with van der Waals surface area (Å²) in [5.74, 6) is 0.343. The maximum Gasteiger partial charge on any atom is 0.251 e. The fourth-order valence-electron chi connectivity index (χ4n) is 1.90. The second kappa shape index (κ2) is 5.67. The van der Waals surface area contributed by atoms with E-state index in [-0.39, 0.29) is 24.1 Å². The molecule has 1 aliphatic carbocycles. The van der Waals surface area contributed by atoms with Crippen molar-refractivity contribution in [2.24, 2.45) is 11.7 Å². The number of hydrogen-bond acceptors (Lipinski definition) is 3. The molecule has 0 bridgehead atoms. The first-order valence-corrected chi connectivity index (χ1v) is 6.75. The molecule has 1 aliphatic rings. The molecule has 1 saturated carbocycles. The van der Waals surface area contributed by atoms with Crippen molar-refractivity contribution in [2.75, 3.05) is 6.54 Å². The van der Waals surface area contributed by atoms with Crippen molar-refractivity contribution in [1.29, 1.82) is 0 Å². The maximum atomic E-state index is 11.8. The lowest BCUT2D eigenvalue weighted by Gasteiger charge is -2.16. The van der Waals surface area contributed by atoms with Crippen molar-refractivity contribution in [3.05, 3.63) is 33.2 Å². The summed E-state index contributed by atoms with van der Waals surface area (Å²) in [6, 6.07) is 3.13. The summed E-state index contributed by atoms with van der Waals surface area (Å²) in [6.45, 7) is 0.477. The fourth-order valence-corrected chi connectivity index (χ4v) is 2.28. The predicted molar refractivity (Wildman–Crippen MR) is 72.1 cm³/mol. The smallest absolute Gasteiger partial charge is 0.251 e. The third-order valence-corrected chi connectivity index (χ3v) is 3.52. The second-order valence-electron chi connectivity index (χ2n) is 4.56. The van der Waals surface area contributed by atoms with Gasteiger partial charge in [0.15, 0.2) is 0 Å². The van der Waals surface area contributed by atoms with Crippen LogP contribution in [0.5, 0.6) is 0 Å². The summed E-state index contributed by atoms with van der Waals surface area (Å²) in [6.07, 6.45) is 3.86. The van der Waals surface area contributed by atoms with Gasteiger partial charge in [-0.05, 0) is 40.8 Å². The Kier molecular flexibility index (Phi) is 4.19. The van der Waals surface area contributed by atoms with Crippen molar-refractivity contribution < 1.29 is 4.79 Å². The summed E-state index contributed by atoms with van der Waals surface area (Å²) >= 11 is 3.27. The van der Waals surface area contributed by atoms with Gasteiger partial charge < -0.3 is 15.6 Å². The Morgan fingerprint density at radius 3 is 2.89 bits per heavy atom. The van der Waals surface area contributed by atoms with Crippen LogP contribution < -0.4 is 16.6 Å². The van der Waals surface area contributed by atoms with E-state index in [2.05, 4.69) is 21.2 Å². The Hall–Kier alpha value is -1.14.